The molecule has 1 N–H and O–H groups in total. The average Bonchev–Trinajstić information content (AvgIpc) is 2.96. The fourth-order valence-corrected chi connectivity index (χ4v) is 2.99. The zero-order valence-electron chi connectivity index (χ0n) is 13.9. The number of rotatable bonds is 6. The minimum absolute atomic E-state index is 0.164. The Morgan fingerprint density at radius 2 is 2.13 bits per heavy atom. The van der Waals surface area contributed by atoms with Crippen LogP contribution in [0.25, 0.3) is 0 Å². The summed E-state index contributed by atoms with van der Waals surface area (Å²) in [5, 5.41) is 12.0. The van der Waals surface area contributed by atoms with E-state index in [0.717, 1.165) is 45.3 Å². The highest BCUT2D eigenvalue weighted by Crippen LogP contribution is 2.16. The van der Waals surface area contributed by atoms with E-state index in [1.165, 1.54) is 0 Å². The molecule has 23 heavy (non-hydrogen) atoms. The second kappa shape index (κ2) is 8.56. The first-order valence-electron chi connectivity index (χ1n) is 8.52. The van der Waals surface area contributed by atoms with E-state index in [1.54, 1.807) is 6.20 Å². The minimum Gasteiger partial charge on any atom is -0.376 e. The number of hydrogen-bond acceptors (Lipinski definition) is 4. The maximum Gasteiger partial charge on any atom is 0.263 e. The molecule has 0 bridgehead atoms. The normalized spacial score (nSPS) is 19.8. The van der Waals surface area contributed by atoms with Gasteiger partial charge in [0.2, 0.25) is 5.91 Å². The molecule has 2 rings (SSSR count). The van der Waals surface area contributed by atoms with Crippen LogP contribution in [0.1, 0.15) is 39.0 Å². The largest absolute Gasteiger partial charge is 0.376 e. The van der Waals surface area contributed by atoms with E-state index in [-0.39, 0.29) is 17.4 Å². The lowest BCUT2D eigenvalue weighted by molar-refractivity contribution is -0.127. The molecule has 2 fully saturated rings. The average molecular weight is 318 g/mol. The number of carbonyl (C=O) groups excluding carboxylic acids is 2. The number of amides is 2. The van der Waals surface area contributed by atoms with E-state index in [9.17, 15) is 14.9 Å². The Morgan fingerprint density at radius 3 is 2.74 bits per heavy atom. The SMILES string of the molecule is CC1CCN(/C=C(/C#N)C(=O)NCCCN2CCCC2=O)CC1. The Kier molecular flexibility index (Phi) is 6.45. The van der Waals surface area contributed by atoms with Gasteiger partial charge in [0.1, 0.15) is 11.6 Å². The summed E-state index contributed by atoms with van der Waals surface area (Å²) in [6.45, 7) is 6.01. The van der Waals surface area contributed by atoms with Gasteiger partial charge >= 0.3 is 0 Å². The van der Waals surface area contributed by atoms with Crippen molar-refractivity contribution in [2.24, 2.45) is 5.92 Å². The van der Waals surface area contributed by atoms with E-state index >= 15 is 0 Å². The van der Waals surface area contributed by atoms with Crippen molar-refractivity contribution in [2.45, 2.75) is 39.0 Å². The number of nitrogens with zero attached hydrogens (tertiary/aromatic N) is 3. The maximum atomic E-state index is 12.1. The van der Waals surface area contributed by atoms with Crippen LogP contribution >= 0.6 is 0 Å². The summed E-state index contributed by atoms with van der Waals surface area (Å²) in [6, 6.07) is 1.99. The Morgan fingerprint density at radius 1 is 1.39 bits per heavy atom. The number of carbonyl (C=O) groups is 2. The molecule has 0 saturated carbocycles. The van der Waals surface area contributed by atoms with Gasteiger partial charge in [0.15, 0.2) is 0 Å². The first-order valence-corrected chi connectivity index (χ1v) is 8.52. The second-order valence-electron chi connectivity index (χ2n) is 6.47. The molecule has 0 aromatic carbocycles. The zero-order chi connectivity index (χ0) is 16.7. The molecule has 0 atom stereocenters. The summed E-state index contributed by atoms with van der Waals surface area (Å²) < 4.78 is 0. The Bertz CT molecular complexity index is 501. The molecule has 0 aromatic heterocycles. The molecular weight excluding hydrogens is 292 g/mol. The molecule has 0 aromatic rings. The van der Waals surface area contributed by atoms with E-state index in [4.69, 9.17) is 0 Å². The van der Waals surface area contributed by atoms with Crippen molar-refractivity contribution in [1.82, 2.24) is 15.1 Å². The first-order chi connectivity index (χ1) is 11.1. The second-order valence-corrected chi connectivity index (χ2v) is 6.47. The van der Waals surface area contributed by atoms with Crippen LogP contribution in [0, 0.1) is 17.2 Å². The standard InChI is InChI=1S/C17H26N4O2/c1-14-5-10-20(11-6-14)13-15(12-18)17(23)19-7-3-9-21-8-2-4-16(21)22/h13-14H,2-11H2,1H3,(H,19,23)/b15-13-. The third kappa shape index (κ3) is 5.27. The topological polar surface area (TPSA) is 76.4 Å². The predicted octanol–water partition coefficient (Wildman–Crippen LogP) is 1.25. The van der Waals surface area contributed by atoms with Gasteiger partial charge in [0.25, 0.3) is 5.91 Å². The van der Waals surface area contributed by atoms with Crippen molar-refractivity contribution in [1.29, 1.82) is 5.26 Å². The van der Waals surface area contributed by atoms with Crippen molar-refractivity contribution >= 4 is 11.8 Å². The van der Waals surface area contributed by atoms with E-state index in [0.29, 0.717) is 25.4 Å². The molecule has 2 aliphatic rings. The predicted molar refractivity (Wildman–Crippen MR) is 87.1 cm³/mol. The van der Waals surface area contributed by atoms with E-state index in [2.05, 4.69) is 17.1 Å². The van der Waals surface area contributed by atoms with Gasteiger partial charge in [-0.05, 0) is 31.6 Å². The monoisotopic (exact) mass is 318 g/mol. The molecule has 6 nitrogen and oxygen atoms in total. The summed E-state index contributed by atoms with van der Waals surface area (Å²) >= 11 is 0. The smallest absolute Gasteiger partial charge is 0.263 e. The van der Waals surface area contributed by atoms with Gasteiger partial charge in [0.05, 0.1) is 0 Å². The van der Waals surface area contributed by atoms with E-state index in [1.807, 2.05) is 11.0 Å². The van der Waals surface area contributed by atoms with Crippen molar-refractivity contribution in [3.63, 3.8) is 0 Å². The fourth-order valence-electron chi connectivity index (χ4n) is 2.99. The van der Waals surface area contributed by atoms with Crippen LogP contribution in [-0.2, 0) is 9.59 Å². The Labute approximate surface area is 138 Å². The van der Waals surface area contributed by atoms with E-state index < -0.39 is 0 Å². The number of hydrogen-bond donors (Lipinski definition) is 1. The zero-order valence-corrected chi connectivity index (χ0v) is 13.9. The molecule has 2 heterocycles. The number of nitriles is 1. The maximum absolute atomic E-state index is 12.1. The Balaban J connectivity index is 1.72. The highest BCUT2D eigenvalue weighted by atomic mass is 16.2. The quantitative estimate of drug-likeness (QED) is 0.454. The summed E-state index contributed by atoms with van der Waals surface area (Å²) in [6.07, 6.45) is 6.17. The molecule has 0 aliphatic carbocycles. The van der Waals surface area contributed by atoms with Gasteiger partial charge < -0.3 is 15.1 Å². The summed E-state index contributed by atoms with van der Waals surface area (Å²) in [5.74, 6) is 0.597. The number of likely N-dealkylation sites (tertiary alicyclic amines) is 2. The van der Waals surface area contributed by atoms with Crippen molar-refractivity contribution in [3.8, 4) is 6.07 Å². The van der Waals surface area contributed by atoms with Gasteiger partial charge in [-0.3, -0.25) is 9.59 Å². The molecule has 2 saturated heterocycles. The van der Waals surface area contributed by atoms with Crippen molar-refractivity contribution in [2.75, 3.05) is 32.7 Å². The van der Waals surface area contributed by atoms with Crippen LogP contribution in [0.3, 0.4) is 0 Å². The number of piperidine rings is 1. The first kappa shape index (κ1) is 17.3. The van der Waals surface area contributed by atoms with Crippen LogP contribution in [0.5, 0.6) is 0 Å². The van der Waals surface area contributed by atoms with Crippen LogP contribution in [-0.4, -0.2) is 54.3 Å². The minimum atomic E-state index is -0.320. The Hall–Kier alpha value is -2.03. The van der Waals surface area contributed by atoms with Gasteiger partial charge in [0, 0.05) is 45.3 Å². The molecule has 2 aliphatic heterocycles. The molecule has 126 valence electrons. The van der Waals surface area contributed by atoms with Crippen LogP contribution in [0.15, 0.2) is 11.8 Å². The molecular formula is C17H26N4O2. The fraction of sp³-hybridized carbons (Fsp3) is 0.706. The van der Waals surface area contributed by atoms with Gasteiger partial charge in [-0.1, -0.05) is 6.92 Å². The molecule has 0 unspecified atom stereocenters. The highest BCUT2D eigenvalue weighted by molar-refractivity contribution is 5.97. The van der Waals surface area contributed by atoms with Crippen LogP contribution in [0.4, 0.5) is 0 Å². The van der Waals surface area contributed by atoms with Crippen LogP contribution in [0.2, 0.25) is 0 Å². The van der Waals surface area contributed by atoms with Gasteiger partial charge in [-0.25, -0.2) is 0 Å². The van der Waals surface area contributed by atoms with Gasteiger partial charge in [-0.15, -0.1) is 0 Å². The lowest BCUT2D eigenvalue weighted by Gasteiger charge is -2.29. The van der Waals surface area contributed by atoms with Gasteiger partial charge in [-0.2, -0.15) is 5.26 Å². The summed E-state index contributed by atoms with van der Waals surface area (Å²) in [4.78, 5) is 27.4. The highest BCUT2D eigenvalue weighted by Gasteiger charge is 2.19. The molecule has 0 spiro atoms. The third-order valence-electron chi connectivity index (χ3n) is 4.56. The lowest BCUT2D eigenvalue weighted by atomic mass is 9.99. The molecule has 2 amide bonds. The van der Waals surface area contributed by atoms with Crippen molar-refractivity contribution < 1.29 is 9.59 Å². The summed E-state index contributed by atoms with van der Waals surface area (Å²) in [7, 11) is 0. The summed E-state index contributed by atoms with van der Waals surface area (Å²) in [5.41, 5.74) is 0.164. The van der Waals surface area contributed by atoms with Crippen molar-refractivity contribution in [3.05, 3.63) is 11.8 Å². The van der Waals surface area contributed by atoms with Crippen LogP contribution < -0.4 is 5.32 Å². The third-order valence-corrected chi connectivity index (χ3v) is 4.56. The molecule has 0 radical (unpaired) electrons. The molecule has 6 heteroatoms. The number of nitrogens with one attached hydrogen (secondary N) is 1. The lowest BCUT2D eigenvalue weighted by Crippen LogP contribution is -2.33.